The van der Waals surface area contributed by atoms with Crippen LogP contribution in [-0.4, -0.2) is 46.6 Å². The Morgan fingerprint density at radius 3 is 2.52 bits per heavy atom. The molecule has 0 radical (unpaired) electrons. The van der Waals surface area contributed by atoms with E-state index in [0.717, 1.165) is 12.8 Å². The highest BCUT2D eigenvalue weighted by Crippen LogP contribution is 2.42. The van der Waals surface area contributed by atoms with Crippen LogP contribution in [0.3, 0.4) is 0 Å². The summed E-state index contributed by atoms with van der Waals surface area (Å²) in [6, 6.07) is 10.8. The number of unbranched alkanes of at least 4 members (excludes halogenated alkanes) is 1. The SMILES string of the molecule is CCCCN1C(=O)C(=O)/C(=C(\O)c2cccc(OCCC)c2)C1c1ccc(O)c(OCC)c1. The largest absolute Gasteiger partial charge is 0.507 e. The fourth-order valence-electron chi connectivity index (χ4n) is 3.87. The number of amides is 1. The fourth-order valence-corrected chi connectivity index (χ4v) is 3.87. The summed E-state index contributed by atoms with van der Waals surface area (Å²) < 4.78 is 11.2. The van der Waals surface area contributed by atoms with Crippen molar-refractivity contribution in [3.63, 3.8) is 0 Å². The lowest BCUT2D eigenvalue weighted by Crippen LogP contribution is -2.30. The second kappa shape index (κ2) is 10.9. The van der Waals surface area contributed by atoms with Crippen molar-refractivity contribution >= 4 is 17.4 Å². The number of carbonyl (C=O) groups is 2. The van der Waals surface area contributed by atoms with Gasteiger partial charge in [0, 0.05) is 12.1 Å². The van der Waals surface area contributed by atoms with Gasteiger partial charge in [0.05, 0.1) is 24.8 Å². The smallest absolute Gasteiger partial charge is 0.295 e. The molecule has 1 amide bonds. The third kappa shape index (κ3) is 5.13. The Morgan fingerprint density at radius 1 is 1.03 bits per heavy atom. The van der Waals surface area contributed by atoms with Crippen LogP contribution >= 0.6 is 0 Å². The molecule has 0 aliphatic carbocycles. The Balaban J connectivity index is 2.14. The van der Waals surface area contributed by atoms with Crippen LogP contribution in [0.5, 0.6) is 17.2 Å². The van der Waals surface area contributed by atoms with E-state index in [4.69, 9.17) is 9.47 Å². The third-order valence-electron chi connectivity index (χ3n) is 5.47. The molecule has 1 atom stereocenters. The number of benzene rings is 2. The number of aromatic hydroxyl groups is 1. The Bertz CT molecular complexity index is 1040. The van der Waals surface area contributed by atoms with Crippen LogP contribution < -0.4 is 9.47 Å². The van der Waals surface area contributed by atoms with Crippen molar-refractivity contribution in [3.8, 4) is 17.2 Å². The van der Waals surface area contributed by atoms with Gasteiger partial charge in [0.2, 0.25) is 0 Å². The minimum absolute atomic E-state index is 0.0110. The van der Waals surface area contributed by atoms with Gasteiger partial charge in [-0.15, -0.1) is 0 Å². The zero-order valence-electron chi connectivity index (χ0n) is 19.3. The summed E-state index contributed by atoms with van der Waals surface area (Å²) >= 11 is 0. The van der Waals surface area contributed by atoms with Crippen molar-refractivity contribution in [2.24, 2.45) is 0 Å². The quantitative estimate of drug-likeness (QED) is 0.305. The summed E-state index contributed by atoms with van der Waals surface area (Å²) in [5, 5.41) is 21.3. The first-order valence-corrected chi connectivity index (χ1v) is 11.4. The summed E-state index contributed by atoms with van der Waals surface area (Å²) in [5.74, 6) is -0.858. The Labute approximate surface area is 194 Å². The molecule has 0 aromatic heterocycles. The first-order chi connectivity index (χ1) is 15.9. The molecule has 2 aromatic carbocycles. The molecule has 1 saturated heterocycles. The van der Waals surface area contributed by atoms with Crippen molar-refractivity contribution in [1.82, 2.24) is 4.90 Å². The van der Waals surface area contributed by atoms with Gasteiger partial charge in [0.1, 0.15) is 11.5 Å². The number of aliphatic hydroxyl groups is 1. The number of Topliss-reactive ketones (excluding diaryl/α,β-unsaturated/α-hetero) is 1. The molecule has 33 heavy (non-hydrogen) atoms. The molecule has 2 aromatic rings. The summed E-state index contributed by atoms with van der Waals surface area (Å²) in [7, 11) is 0. The number of ketones is 1. The average Bonchev–Trinajstić information content (AvgIpc) is 3.07. The van der Waals surface area contributed by atoms with E-state index in [0.29, 0.717) is 43.1 Å². The third-order valence-corrected chi connectivity index (χ3v) is 5.47. The standard InChI is InChI=1S/C26H31NO6/c1-4-7-13-27-23(17-11-12-20(28)21(16-17)32-6-3)22(25(30)26(27)31)24(29)18-9-8-10-19(15-18)33-14-5-2/h8-12,15-16,23,28-29H,4-7,13-14H2,1-3H3/b24-22-. The number of carbonyl (C=O) groups excluding carboxylic acids is 2. The second-order valence-electron chi connectivity index (χ2n) is 7.88. The maximum absolute atomic E-state index is 13.1. The molecule has 0 spiro atoms. The minimum atomic E-state index is -0.795. The van der Waals surface area contributed by atoms with E-state index in [-0.39, 0.29) is 22.8 Å². The molecule has 2 N–H and O–H groups in total. The number of likely N-dealkylation sites (tertiary alicyclic amines) is 1. The molecule has 0 saturated carbocycles. The lowest BCUT2D eigenvalue weighted by molar-refractivity contribution is -0.139. The number of phenolic OH excluding ortho intramolecular Hbond substituents is 1. The predicted octanol–water partition coefficient (Wildman–Crippen LogP) is 4.80. The topological polar surface area (TPSA) is 96.3 Å². The molecule has 0 bridgehead atoms. The van der Waals surface area contributed by atoms with Crippen LogP contribution in [0.25, 0.3) is 5.76 Å². The number of hydrogen-bond acceptors (Lipinski definition) is 6. The first kappa shape index (κ1) is 24.2. The van der Waals surface area contributed by atoms with E-state index in [1.165, 1.54) is 11.0 Å². The monoisotopic (exact) mass is 453 g/mol. The van der Waals surface area contributed by atoms with Crippen LogP contribution in [0, 0.1) is 0 Å². The van der Waals surface area contributed by atoms with Gasteiger partial charge in [-0.25, -0.2) is 0 Å². The van der Waals surface area contributed by atoms with Crippen LogP contribution in [0.4, 0.5) is 0 Å². The van der Waals surface area contributed by atoms with Gasteiger partial charge in [-0.05, 0) is 49.6 Å². The first-order valence-electron chi connectivity index (χ1n) is 11.4. The zero-order valence-corrected chi connectivity index (χ0v) is 19.3. The summed E-state index contributed by atoms with van der Waals surface area (Å²) in [4.78, 5) is 27.5. The highest BCUT2D eigenvalue weighted by Gasteiger charge is 2.46. The normalized spacial score (nSPS) is 17.4. The van der Waals surface area contributed by atoms with Crippen molar-refractivity contribution in [2.75, 3.05) is 19.8 Å². The number of nitrogens with zero attached hydrogens (tertiary/aromatic N) is 1. The maximum Gasteiger partial charge on any atom is 0.295 e. The average molecular weight is 454 g/mol. The maximum atomic E-state index is 13.1. The molecular formula is C26H31NO6. The van der Waals surface area contributed by atoms with E-state index in [2.05, 4.69) is 0 Å². The molecule has 7 nitrogen and oxygen atoms in total. The van der Waals surface area contributed by atoms with Gasteiger partial charge in [-0.1, -0.05) is 38.5 Å². The molecule has 7 heteroatoms. The van der Waals surface area contributed by atoms with Gasteiger partial charge in [0.25, 0.3) is 11.7 Å². The molecular weight excluding hydrogens is 422 g/mol. The van der Waals surface area contributed by atoms with Crippen molar-refractivity contribution < 1.29 is 29.3 Å². The van der Waals surface area contributed by atoms with E-state index in [9.17, 15) is 19.8 Å². The lowest BCUT2D eigenvalue weighted by atomic mass is 9.95. The molecule has 1 aliphatic rings. The second-order valence-corrected chi connectivity index (χ2v) is 7.88. The Morgan fingerprint density at radius 2 is 1.82 bits per heavy atom. The number of hydrogen-bond donors (Lipinski definition) is 2. The molecule has 1 unspecified atom stereocenters. The van der Waals surface area contributed by atoms with E-state index in [1.807, 2.05) is 13.8 Å². The molecule has 1 heterocycles. The summed E-state index contributed by atoms with van der Waals surface area (Å²) in [5.41, 5.74) is 0.981. The minimum Gasteiger partial charge on any atom is -0.507 e. The highest BCUT2D eigenvalue weighted by molar-refractivity contribution is 6.46. The molecule has 176 valence electrons. The van der Waals surface area contributed by atoms with E-state index in [1.54, 1.807) is 43.3 Å². The Kier molecular flexibility index (Phi) is 7.98. The zero-order chi connectivity index (χ0) is 24.0. The molecule has 1 aliphatic heterocycles. The van der Waals surface area contributed by atoms with Crippen LogP contribution in [0.1, 0.15) is 57.2 Å². The predicted molar refractivity (Wildman–Crippen MR) is 125 cm³/mol. The fraction of sp³-hybridized carbons (Fsp3) is 0.385. The summed E-state index contributed by atoms with van der Waals surface area (Å²) in [6.07, 6.45) is 2.38. The van der Waals surface area contributed by atoms with Crippen LogP contribution in [-0.2, 0) is 9.59 Å². The van der Waals surface area contributed by atoms with Crippen LogP contribution in [0.15, 0.2) is 48.0 Å². The van der Waals surface area contributed by atoms with Gasteiger partial charge >= 0.3 is 0 Å². The van der Waals surface area contributed by atoms with E-state index >= 15 is 0 Å². The number of phenols is 1. The summed E-state index contributed by atoms with van der Waals surface area (Å²) in [6.45, 7) is 7.04. The highest BCUT2D eigenvalue weighted by atomic mass is 16.5. The number of aliphatic hydroxyl groups excluding tert-OH is 1. The molecule has 1 fully saturated rings. The number of ether oxygens (including phenoxy) is 2. The van der Waals surface area contributed by atoms with Crippen LogP contribution in [0.2, 0.25) is 0 Å². The van der Waals surface area contributed by atoms with Gasteiger partial charge in [0.15, 0.2) is 11.5 Å². The Hall–Kier alpha value is -3.48. The van der Waals surface area contributed by atoms with Gasteiger partial charge in [-0.2, -0.15) is 0 Å². The lowest BCUT2D eigenvalue weighted by Gasteiger charge is -2.25. The van der Waals surface area contributed by atoms with Gasteiger partial charge < -0.3 is 24.6 Å². The molecule has 3 rings (SSSR count). The van der Waals surface area contributed by atoms with Gasteiger partial charge in [-0.3, -0.25) is 9.59 Å². The number of rotatable bonds is 10. The van der Waals surface area contributed by atoms with Crippen molar-refractivity contribution in [3.05, 3.63) is 59.2 Å². The van der Waals surface area contributed by atoms with Crippen molar-refractivity contribution in [1.29, 1.82) is 0 Å². The van der Waals surface area contributed by atoms with E-state index < -0.39 is 17.7 Å². The van der Waals surface area contributed by atoms with Crippen molar-refractivity contribution in [2.45, 2.75) is 46.1 Å².